The molecule has 1 unspecified atom stereocenters. The van der Waals surface area contributed by atoms with Crippen molar-refractivity contribution in [3.63, 3.8) is 0 Å². The second-order valence-corrected chi connectivity index (χ2v) is 5.35. The SMILES string of the molecule is CCN1CCC(NC(=O)c2n[nH]c3ccc(C)cc23)C1=O. The van der Waals surface area contributed by atoms with Crippen LogP contribution in [0.5, 0.6) is 0 Å². The van der Waals surface area contributed by atoms with Gasteiger partial charge < -0.3 is 10.2 Å². The summed E-state index contributed by atoms with van der Waals surface area (Å²) in [7, 11) is 0. The summed E-state index contributed by atoms with van der Waals surface area (Å²) >= 11 is 0. The molecule has 2 amide bonds. The molecule has 2 aromatic rings. The number of likely N-dealkylation sites (tertiary alicyclic amines) is 1. The lowest BCUT2D eigenvalue weighted by atomic mass is 10.1. The molecule has 2 N–H and O–H groups in total. The topological polar surface area (TPSA) is 78.1 Å². The molecule has 21 heavy (non-hydrogen) atoms. The van der Waals surface area contributed by atoms with Crippen LogP contribution in [0.4, 0.5) is 0 Å². The van der Waals surface area contributed by atoms with Gasteiger partial charge in [-0.3, -0.25) is 14.7 Å². The second kappa shape index (κ2) is 5.20. The van der Waals surface area contributed by atoms with Crippen molar-refractivity contribution < 1.29 is 9.59 Å². The van der Waals surface area contributed by atoms with Gasteiger partial charge in [-0.2, -0.15) is 5.10 Å². The van der Waals surface area contributed by atoms with Crippen LogP contribution in [0.3, 0.4) is 0 Å². The molecule has 0 saturated carbocycles. The van der Waals surface area contributed by atoms with E-state index in [2.05, 4.69) is 15.5 Å². The molecule has 1 aliphatic rings. The Hall–Kier alpha value is -2.37. The molecule has 1 atom stereocenters. The maximum absolute atomic E-state index is 12.4. The minimum atomic E-state index is -0.436. The van der Waals surface area contributed by atoms with Gasteiger partial charge in [-0.15, -0.1) is 0 Å². The van der Waals surface area contributed by atoms with Crippen molar-refractivity contribution in [2.24, 2.45) is 0 Å². The van der Waals surface area contributed by atoms with Crippen molar-refractivity contribution in [1.29, 1.82) is 0 Å². The Balaban J connectivity index is 1.82. The fraction of sp³-hybridized carbons (Fsp3) is 0.400. The molecule has 3 rings (SSSR count). The fourth-order valence-corrected chi connectivity index (χ4v) is 2.71. The highest BCUT2D eigenvalue weighted by molar-refractivity contribution is 6.06. The molecule has 0 radical (unpaired) electrons. The molecule has 1 aromatic heterocycles. The Morgan fingerprint density at radius 1 is 1.52 bits per heavy atom. The van der Waals surface area contributed by atoms with Crippen molar-refractivity contribution in [3.8, 4) is 0 Å². The van der Waals surface area contributed by atoms with Crippen molar-refractivity contribution >= 4 is 22.7 Å². The van der Waals surface area contributed by atoms with Gasteiger partial charge in [0.05, 0.1) is 5.52 Å². The van der Waals surface area contributed by atoms with E-state index in [4.69, 9.17) is 0 Å². The van der Waals surface area contributed by atoms with Gasteiger partial charge in [-0.25, -0.2) is 0 Å². The van der Waals surface area contributed by atoms with Crippen LogP contribution in [0.15, 0.2) is 18.2 Å². The summed E-state index contributed by atoms with van der Waals surface area (Å²) in [5.74, 6) is -0.315. The van der Waals surface area contributed by atoms with Crippen molar-refractivity contribution in [1.82, 2.24) is 20.4 Å². The minimum Gasteiger partial charge on any atom is -0.341 e. The van der Waals surface area contributed by atoms with Crippen LogP contribution in [0.1, 0.15) is 29.4 Å². The Labute approximate surface area is 122 Å². The van der Waals surface area contributed by atoms with Crippen molar-refractivity contribution in [3.05, 3.63) is 29.5 Å². The van der Waals surface area contributed by atoms with E-state index in [1.54, 1.807) is 4.90 Å². The van der Waals surface area contributed by atoms with E-state index in [-0.39, 0.29) is 11.8 Å². The summed E-state index contributed by atoms with van der Waals surface area (Å²) in [6, 6.07) is 5.34. The smallest absolute Gasteiger partial charge is 0.273 e. The van der Waals surface area contributed by atoms with Crippen molar-refractivity contribution in [2.45, 2.75) is 26.3 Å². The van der Waals surface area contributed by atoms with Gasteiger partial charge in [0.25, 0.3) is 5.91 Å². The predicted octanol–water partition coefficient (Wildman–Crippen LogP) is 1.22. The van der Waals surface area contributed by atoms with Crippen LogP contribution in [0.25, 0.3) is 10.9 Å². The quantitative estimate of drug-likeness (QED) is 0.890. The van der Waals surface area contributed by atoms with E-state index in [0.29, 0.717) is 25.2 Å². The number of likely N-dealkylation sites (N-methyl/N-ethyl adjacent to an activating group) is 1. The van der Waals surface area contributed by atoms with Gasteiger partial charge in [0.1, 0.15) is 6.04 Å². The Morgan fingerprint density at radius 3 is 3.05 bits per heavy atom. The number of carbonyl (C=O) groups is 2. The number of amides is 2. The van der Waals surface area contributed by atoms with E-state index < -0.39 is 6.04 Å². The molecule has 2 heterocycles. The maximum Gasteiger partial charge on any atom is 0.273 e. The van der Waals surface area contributed by atoms with Crippen LogP contribution in [-0.4, -0.2) is 46.0 Å². The van der Waals surface area contributed by atoms with E-state index in [9.17, 15) is 9.59 Å². The number of aromatic nitrogens is 2. The first-order valence-corrected chi connectivity index (χ1v) is 7.14. The summed E-state index contributed by atoms with van der Waals surface area (Å²) in [4.78, 5) is 26.2. The van der Waals surface area contributed by atoms with Gasteiger partial charge in [0, 0.05) is 18.5 Å². The highest BCUT2D eigenvalue weighted by Gasteiger charge is 2.32. The third kappa shape index (κ3) is 2.37. The molecule has 1 aromatic carbocycles. The number of carbonyl (C=O) groups excluding carboxylic acids is 2. The number of H-pyrrole nitrogens is 1. The summed E-state index contributed by atoms with van der Waals surface area (Å²) in [5.41, 5.74) is 2.22. The van der Waals surface area contributed by atoms with E-state index in [1.807, 2.05) is 32.0 Å². The third-order valence-corrected chi connectivity index (χ3v) is 3.92. The Bertz CT molecular complexity index is 707. The molecule has 110 valence electrons. The summed E-state index contributed by atoms with van der Waals surface area (Å²) in [5, 5.41) is 10.5. The standard InChI is InChI=1S/C15H18N4O2/c1-3-19-7-6-12(15(19)21)16-14(20)13-10-8-9(2)4-5-11(10)17-18-13/h4-5,8,12H,3,6-7H2,1-2H3,(H,16,20)(H,17,18). The Morgan fingerprint density at radius 2 is 2.33 bits per heavy atom. The van der Waals surface area contributed by atoms with Crippen LogP contribution < -0.4 is 5.32 Å². The highest BCUT2D eigenvalue weighted by atomic mass is 16.2. The number of aromatic amines is 1. The monoisotopic (exact) mass is 286 g/mol. The van der Waals surface area contributed by atoms with Crippen LogP contribution in [0, 0.1) is 6.92 Å². The molecular weight excluding hydrogens is 268 g/mol. The number of hydrogen-bond donors (Lipinski definition) is 2. The first-order valence-electron chi connectivity index (χ1n) is 7.14. The zero-order valence-corrected chi connectivity index (χ0v) is 12.1. The normalized spacial score (nSPS) is 18.5. The molecule has 1 aliphatic heterocycles. The zero-order chi connectivity index (χ0) is 15.0. The van der Waals surface area contributed by atoms with Gasteiger partial charge in [-0.1, -0.05) is 11.6 Å². The summed E-state index contributed by atoms with van der Waals surface area (Å²) in [6.45, 7) is 5.27. The number of nitrogens with zero attached hydrogens (tertiary/aromatic N) is 2. The lowest BCUT2D eigenvalue weighted by Crippen LogP contribution is -2.41. The summed E-state index contributed by atoms with van der Waals surface area (Å²) < 4.78 is 0. The molecule has 6 nitrogen and oxygen atoms in total. The molecule has 0 aliphatic carbocycles. The molecule has 0 bridgehead atoms. The van der Waals surface area contributed by atoms with E-state index in [0.717, 1.165) is 16.5 Å². The number of benzene rings is 1. The number of fused-ring (bicyclic) bond motifs is 1. The Kier molecular flexibility index (Phi) is 3.37. The van der Waals surface area contributed by atoms with Gasteiger partial charge in [0.15, 0.2) is 5.69 Å². The van der Waals surface area contributed by atoms with E-state index >= 15 is 0 Å². The van der Waals surface area contributed by atoms with Gasteiger partial charge >= 0.3 is 0 Å². The summed E-state index contributed by atoms with van der Waals surface area (Å²) in [6.07, 6.45) is 0.653. The number of rotatable bonds is 3. The number of hydrogen-bond acceptors (Lipinski definition) is 3. The average molecular weight is 286 g/mol. The first-order chi connectivity index (χ1) is 10.1. The third-order valence-electron chi connectivity index (χ3n) is 3.92. The van der Waals surface area contributed by atoms with Crippen LogP contribution in [-0.2, 0) is 4.79 Å². The van der Waals surface area contributed by atoms with Crippen molar-refractivity contribution in [2.75, 3.05) is 13.1 Å². The molecule has 1 saturated heterocycles. The first kappa shape index (κ1) is 13.6. The average Bonchev–Trinajstić information content (AvgIpc) is 3.03. The lowest BCUT2D eigenvalue weighted by Gasteiger charge is -2.14. The minimum absolute atomic E-state index is 0.0122. The van der Waals surface area contributed by atoms with Crippen LogP contribution in [0.2, 0.25) is 0 Å². The van der Waals surface area contributed by atoms with Crippen LogP contribution >= 0.6 is 0 Å². The molecular formula is C15H18N4O2. The molecule has 6 heteroatoms. The highest BCUT2D eigenvalue weighted by Crippen LogP contribution is 2.18. The number of aryl methyl sites for hydroxylation is 1. The van der Waals surface area contributed by atoms with Gasteiger partial charge in [0.2, 0.25) is 5.91 Å². The largest absolute Gasteiger partial charge is 0.341 e. The molecule has 0 spiro atoms. The predicted molar refractivity (Wildman–Crippen MR) is 79.0 cm³/mol. The number of nitrogens with one attached hydrogen (secondary N) is 2. The van der Waals surface area contributed by atoms with Gasteiger partial charge in [-0.05, 0) is 32.4 Å². The maximum atomic E-state index is 12.4. The molecule has 1 fully saturated rings. The second-order valence-electron chi connectivity index (χ2n) is 5.35. The zero-order valence-electron chi connectivity index (χ0n) is 12.1. The van der Waals surface area contributed by atoms with E-state index in [1.165, 1.54) is 0 Å². The fourth-order valence-electron chi connectivity index (χ4n) is 2.71. The lowest BCUT2D eigenvalue weighted by molar-refractivity contribution is -0.129.